The average molecular weight is 396 g/mol. The zero-order chi connectivity index (χ0) is 18.8. The van der Waals surface area contributed by atoms with Gasteiger partial charge in [-0.3, -0.25) is 0 Å². The predicted octanol–water partition coefficient (Wildman–Crippen LogP) is 6.18. The molecule has 0 unspecified atom stereocenters. The molecule has 0 atom stereocenters. The van der Waals surface area contributed by atoms with Crippen LogP contribution >= 0.6 is 22.9 Å². The van der Waals surface area contributed by atoms with Gasteiger partial charge >= 0.3 is 0 Å². The van der Waals surface area contributed by atoms with Crippen molar-refractivity contribution in [3.05, 3.63) is 65.3 Å². The van der Waals surface area contributed by atoms with Crippen molar-refractivity contribution in [1.82, 2.24) is 9.97 Å². The number of anilines is 2. The van der Waals surface area contributed by atoms with Gasteiger partial charge in [0.1, 0.15) is 16.4 Å². The average Bonchev–Trinajstić information content (AvgIpc) is 3.12. The normalized spacial score (nSPS) is 10.9. The van der Waals surface area contributed by atoms with Gasteiger partial charge in [0.25, 0.3) is 0 Å². The third kappa shape index (κ3) is 3.48. The second-order valence-corrected chi connectivity index (χ2v) is 7.19. The second-order valence-electron chi connectivity index (χ2n) is 6.00. The summed E-state index contributed by atoms with van der Waals surface area (Å²) in [6, 6.07) is 18.2. The van der Waals surface area contributed by atoms with Crippen molar-refractivity contribution < 1.29 is 4.74 Å². The summed E-state index contributed by atoms with van der Waals surface area (Å²) in [5.74, 6) is 1.66. The maximum atomic E-state index is 6.21. The van der Waals surface area contributed by atoms with E-state index in [-0.39, 0.29) is 5.28 Å². The van der Waals surface area contributed by atoms with Crippen LogP contribution < -0.4 is 9.64 Å². The van der Waals surface area contributed by atoms with Crippen LogP contribution in [-0.2, 0) is 0 Å². The largest absolute Gasteiger partial charge is 0.494 e. The zero-order valence-corrected chi connectivity index (χ0v) is 16.6. The number of fused-ring (bicyclic) bond motifs is 1. The molecule has 136 valence electrons. The van der Waals surface area contributed by atoms with E-state index in [9.17, 15) is 0 Å². The Morgan fingerprint density at radius 1 is 1.04 bits per heavy atom. The Morgan fingerprint density at radius 3 is 2.48 bits per heavy atom. The number of nitrogens with zero attached hydrogens (tertiary/aromatic N) is 3. The Balaban J connectivity index is 1.86. The van der Waals surface area contributed by atoms with E-state index in [0.717, 1.165) is 38.6 Å². The number of ether oxygens (including phenoxy) is 1. The highest BCUT2D eigenvalue weighted by atomic mass is 35.5. The lowest BCUT2D eigenvalue weighted by atomic mass is 10.1. The van der Waals surface area contributed by atoms with Crippen molar-refractivity contribution >= 4 is 44.7 Å². The highest BCUT2D eigenvalue weighted by molar-refractivity contribution is 7.17. The van der Waals surface area contributed by atoms with E-state index < -0.39 is 0 Å². The summed E-state index contributed by atoms with van der Waals surface area (Å²) in [6.45, 7) is 2.63. The molecule has 4 rings (SSSR count). The quantitative estimate of drug-likeness (QED) is 0.378. The summed E-state index contributed by atoms with van der Waals surface area (Å²) < 4.78 is 5.55. The number of aromatic nitrogens is 2. The number of hydrogen-bond acceptors (Lipinski definition) is 5. The highest BCUT2D eigenvalue weighted by Gasteiger charge is 2.18. The van der Waals surface area contributed by atoms with Crippen LogP contribution in [0.3, 0.4) is 0 Å². The number of benzene rings is 2. The van der Waals surface area contributed by atoms with Crippen molar-refractivity contribution in [2.45, 2.75) is 6.92 Å². The van der Waals surface area contributed by atoms with Gasteiger partial charge in [-0.15, -0.1) is 11.3 Å². The van der Waals surface area contributed by atoms with Crippen LogP contribution in [0, 0.1) is 0 Å². The Bertz CT molecular complexity index is 1060. The van der Waals surface area contributed by atoms with Gasteiger partial charge in [-0.25, -0.2) is 4.98 Å². The molecule has 0 spiro atoms. The van der Waals surface area contributed by atoms with Crippen LogP contribution in [0.1, 0.15) is 6.92 Å². The van der Waals surface area contributed by atoms with E-state index in [1.54, 1.807) is 11.3 Å². The molecule has 0 saturated carbocycles. The van der Waals surface area contributed by atoms with Gasteiger partial charge < -0.3 is 9.64 Å². The van der Waals surface area contributed by atoms with Gasteiger partial charge in [-0.2, -0.15) is 4.98 Å². The van der Waals surface area contributed by atoms with E-state index in [1.165, 1.54) is 0 Å². The summed E-state index contributed by atoms with van der Waals surface area (Å²) >= 11 is 7.78. The second kappa shape index (κ2) is 7.55. The number of halogens is 1. The van der Waals surface area contributed by atoms with Crippen LogP contribution in [0.2, 0.25) is 5.28 Å². The molecule has 2 heterocycles. The van der Waals surface area contributed by atoms with Gasteiger partial charge in [0.2, 0.25) is 5.28 Å². The molecule has 0 N–H and O–H groups in total. The van der Waals surface area contributed by atoms with Crippen molar-refractivity contribution in [2.24, 2.45) is 0 Å². The van der Waals surface area contributed by atoms with Gasteiger partial charge in [-0.05, 0) is 48.4 Å². The number of hydrogen-bond donors (Lipinski definition) is 0. The Hall–Kier alpha value is -2.63. The zero-order valence-electron chi connectivity index (χ0n) is 15.0. The van der Waals surface area contributed by atoms with Crippen molar-refractivity contribution in [3.63, 3.8) is 0 Å². The molecular weight excluding hydrogens is 378 g/mol. The summed E-state index contributed by atoms with van der Waals surface area (Å²) in [4.78, 5) is 11.9. The minimum atomic E-state index is 0.250. The van der Waals surface area contributed by atoms with Crippen LogP contribution in [0.4, 0.5) is 11.5 Å². The smallest absolute Gasteiger partial charge is 0.225 e. The van der Waals surface area contributed by atoms with Crippen molar-refractivity contribution in [2.75, 3.05) is 18.6 Å². The molecule has 0 aliphatic rings. The summed E-state index contributed by atoms with van der Waals surface area (Å²) in [6.07, 6.45) is 0. The van der Waals surface area contributed by atoms with Crippen LogP contribution in [-0.4, -0.2) is 23.6 Å². The Kier molecular flexibility index (Phi) is 4.97. The molecule has 6 heteroatoms. The lowest BCUT2D eigenvalue weighted by Crippen LogP contribution is -2.12. The molecule has 2 aromatic heterocycles. The lowest BCUT2D eigenvalue weighted by Gasteiger charge is -2.20. The first-order chi connectivity index (χ1) is 13.2. The monoisotopic (exact) mass is 395 g/mol. The molecular formula is C21H18ClN3OS. The molecule has 4 aromatic rings. The molecule has 0 aliphatic carbocycles. The fraction of sp³-hybridized carbons (Fsp3) is 0.143. The lowest BCUT2D eigenvalue weighted by molar-refractivity contribution is 0.340. The maximum Gasteiger partial charge on any atom is 0.225 e. The first-order valence-corrected chi connectivity index (χ1v) is 9.90. The fourth-order valence-electron chi connectivity index (χ4n) is 3.02. The molecule has 0 fully saturated rings. The summed E-state index contributed by atoms with van der Waals surface area (Å²) in [5, 5.41) is 3.36. The molecule has 27 heavy (non-hydrogen) atoms. The first kappa shape index (κ1) is 17.8. The van der Waals surface area contributed by atoms with Crippen LogP contribution in [0.25, 0.3) is 21.3 Å². The van der Waals surface area contributed by atoms with Crippen LogP contribution in [0.5, 0.6) is 5.75 Å². The van der Waals surface area contributed by atoms with Gasteiger partial charge in [0.15, 0.2) is 0 Å². The molecule has 4 nitrogen and oxygen atoms in total. The molecule has 0 radical (unpaired) electrons. The predicted molar refractivity (Wildman–Crippen MR) is 114 cm³/mol. The standard InChI is InChI=1S/C21H18ClN3OS/c1-3-26-16-11-9-14(10-12-16)17-13-27-20-18(17)19(23-21(22)24-20)25(2)15-7-5-4-6-8-15/h4-13H,3H2,1-2H3. The highest BCUT2D eigenvalue weighted by Crippen LogP contribution is 2.40. The summed E-state index contributed by atoms with van der Waals surface area (Å²) in [5.41, 5.74) is 3.23. The third-order valence-corrected chi connectivity index (χ3v) is 5.37. The van der Waals surface area contributed by atoms with Gasteiger partial charge in [0, 0.05) is 23.7 Å². The maximum absolute atomic E-state index is 6.21. The molecule has 0 amide bonds. The number of thiophene rings is 1. The van der Waals surface area contributed by atoms with Gasteiger partial charge in [-0.1, -0.05) is 30.3 Å². The fourth-order valence-corrected chi connectivity index (χ4v) is 4.18. The van der Waals surface area contributed by atoms with Crippen molar-refractivity contribution in [3.8, 4) is 16.9 Å². The van der Waals surface area contributed by atoms with E-state index in [0.29, 0.717) is 6.61 Å². The van der Waals surface area contributed by atoms with Crippen LogP contribution in [0.15, 0.2) is 60.0 Å². The molecule has 0 saturated heterocycles. The Labute approximate surface area is 167 Å². The molecule has 2 aromatic carbocycles. The summed E-state index contributed by atoms with van der Waals surface area (Å²) in [7, 11) is 1.99. The van der Waals surface area contributed by atoms with E-state index >= 15 is 0 Å². The minimum Gasteiger partial charge on any atom is -0.494 e. The molecule has 0 aliphatic heterocycles. The van der Waals surface area contributed by atoms with Gasteiger partial charge in [0.05, 0.1) is 12.0 Å². The number of rotatable bonds is 5. The Morgan fingerprint density at radius 2 is 1.78 bits per heavy atom. The topological polar surface area (TPSA) is 38.3 Å². The van der Waals surface area contributed by atoms with E-state index in [2.05, 4.69) is 27.5 Å². The first-order valence-electron chi connectivity index (χ1n) is 8.64. The van der Waals surface area contributed by atoms with E-state index in [4.69, 9.17) is 16.3 Å². The molecule has 0 bridgehead atoms. The number of para-hydroxylation sites is 1. The minimum absolute atomic E-state index is 0.250. The SMILES string of the molecule is CCOc1ccc(-c2csc3nc(Cl)nc(N(C)c4ccccc4)c23)cc1. The van der Waals surface area contributed by atoms with Crippen molar-refractivity contribution in [1.29, 1.82) is 0 Å². The van der Waals surface area contributed by atoms with E-state index in [1.807, 2.05) is 61.3 Å². The third-order valence-electron chi connectivity index (χ3n) is 4.32.